The fraction of sp³-hybridized carbons (Fsp3) is 0.462. The van der Waals surface area contributed by atoms with Gasteiger partial charge in [0.15, 0.2) is 0 Å². The van der Waals surface area contributed by atoms with Crippen LogP contribution in [0.2, 0.25) is 5.02 Å². The maximum absolute atomic E-state index is 13.0. The number of alkyl halides is 3. The molecule has 3 N–H and O–H groups in total. The van der Waals surface area contributed by atoms with Crippen LogP contribution in [0.1, 0.15) is 30.5 Å². The van der Waals surface area contributed by atoms with Crippen LogP contribution in [0.4, 0.5) is 13.2 Å². The van der Waals surface area contributed by atoms with Crippen molar-refractivity contribution in [3.05, 3.63) is 34.3 Å². The van der Waals surface area contributed by atoms with Gasteiger partial charge in [0, 0.05) is 11.1 Å². The number of halogens is 4. The summed E-state index contributed by atoms with van der Waals surface area (Å²) in [5.41, 5.74) is 3.96. The lowest BCUT2D eigenvalue weighted by Crippen LogP contribution is -2.33. The van der Waals surface area contributed by atoms with Gasteiger partial charge < -0.3 is 10.8 Å². The Morgan fingerprint density at radius 3 is 2.50 bits per heavy atom. The second-order valence-corrected chi connectivity index (χ2v) is 5.27. The fourth-order valence-corrected chi connectivity index (χ4v) is 1.97. The minimum absolute atomic E-state index is 0.00154. The third-order valence-electron chi connectivity index (χ3n) is 3.16. The lowest BCUT2D eigenvalue weighted by atomic mass is 9.82. The van der Waals surface area contributed by atoms with Crippen LogP contribution in [-0.4, -0.2) is 24.2 Å². The van der Waals surface area contributed by atoms with Gasteiger partial charge in [-0.05, 0) is 30.2 Å². The van der Waals surface area contributed by atoms with Crippen LogP contribution >= 0.6 is 11.6 Å². The summed E-state index contributed by atoms with van der Waals surface area (Å²) in [6.45, 7) is -0.186. The van der Waals surface area contributed by atoms with Crippen molar-refractivity contribution in [3.63, 3.8) is 0 Å². The molecule has 2 atom stereocenters. The van der Waals surface area contributed by atoms with E-state index in [1.807, 2.05) is 0 Å². The molecule has 0 radical (unpaired) electrons. The highest BCUT2D eigenvalue weighted by Crippen LogP contribution is 2.34. The van der Waals surface area contributed by atoms with Crippen LogP contribution in [0, 0.1) is 0 Å². The number of carboxylic acid groups (broad SMARTS) is 1. The monoisotopic (exact) mass is 309 g/mol. The molecule has 1 aromatic rings. The number of carboxylic acids is 1. The van der Waals surface area contributed by atoms with E-state index in [0.29, 0.717) is 0 Å². The maximum atomic E-state index is 13.0. The van der Waals surface area contributed by atoms with Crippen molar-refractivity contribution < 1.29 is 23.1 Å². The Bertz CT molecular complexity index is 499. The summed E-state index contributed by atoms with van der Waals surface area (Å²) in [4.78, 5) is 10.6. The Morgan fingerprint density at radius 1 is 1.45 bits per heavy atom. The van der Waals surface area contributed by atoms with Crippen molar-refractivity contribution in [1.29, 1.82) is 0 Å². The molecule has 20 heavy (non-hydrogen) atoms. The van der Waals surface area contributed by atoms with Crippen molar-refractivity contribution >= 4 is 17.6 Å². The molecule has 1 aromatic carbocycles. The van der Waals surface area contributed by atoms with Crippen molar-refractivity contribution in [1.82, 2.24) is 0 Å². The summed E-state index contributed by atoms with van der Waals surface area (Å²) in [5.74, 6) is -1.12. The number of rotatable bonds is 6. The summed E-state index contributed by atoms with van der Waals surface area (Å²) in [6.07, 6.45) is -3.30. The molecule has 0 aliphatic rings. The Labute approximate surface area is 119 Å². The lowest BCUT2D eigenvalue weighted by Gasteiger charge is -2.27. The van der Waals surface area contributed by atoms with E-state index in [0.717, 1.165) is 6.92 Å². The predicted molar refractivity (Wildman–Crippen MR) is 70.0 cm³/mol. The molecule has 0 fully saturated rings. The maximum Gasteiger partial charge on any atom is 0.305 e. The van der Waals surface area contributed by atoms with E-state index in [1.54, 1.807) is 0 Å². The molecule has 0 bridgehead atoms. The summed E-state index contributed by atoms with van der Waals surface area (Å²) < 4.78 is 39.1. The molecule has 2 unspecified atom stereocenters. The SMILES string of the molecule is CC(CF)(c1cc(Cl)cc(C(N)CC(=O)O)c1)C(F)F. The van der Waals surface area contributed by atoms with E-state index >= 15 is 0 Å². The molecule has 0 saturated heterocycles. The quantitative estimate of drug-likeness (QED) is 0.847. The average molecular weight is 310 g/mol. The Hall–Kier alpha value is -1.27. The van der Waals surface area contributed by atoms with E-state index in [-0.39, 0.29) is 22.6 Å². The van der Waals surface area contributed by atoms with E-state index in [2.05, 4.69) is 0 Å². The van der Waals surface area contributed by atoms with Crippen LogP contribution in [0.3, 0.4) is 0 Å². The summed E-state index contributed by atoms with van der Waals surface area (Å²) in [5, 5.41) is 8.79. The fourth-order valence-electron chi connectivity index (χ4n) is 1.72. The van der Waals surface area contributed by atoms with E-state index in [9.17, 15) is 18.0 Å². The van der Waals surface area contributed by atoms with Gasteiger partial charge in [-0.3, -0.25) is 4.79 Å². The van der Waals surface area contributed by atoms with Gasteiger partial charge in [-0.2, -0.15) is 0 Å². The molecular formula is C13H15ClF3NO2. The van der Waals surface area contributed by atoms with Gasteiger partial charge in [0.05, 0.1) is 11.8 Å². The van der Waals surface area contributed by atoms with Crippen LogP contribution in [0.25, 0.3) is 0 Å². The molecule has 1 rings (SSSR count). The number of carbonyl (C=O) groups is 1. The van der Waals surface area contributed by atoms with Crippen molar-refractivity contribution in [2.45, 2.75) is 31.2 Å². The topological polar surface area (TPSA) is 63.3 Å². The molecule has 0 heterocycles. The normalized spacial score (nSPS) is 15.9. The summed E-state index contributed by atoms with van der Waals surface area (Å²) >= 11 is 5.83. The number of nitrogens with two attached hydrogens (primary N) is 1. The standard InChI is InChI=1S/C13H15ClF3NO2/c1-13(6-15,12(16)17)8-2-7(3-9(14)4-8)10(18)5-11(19)20/h2-4,10,12H,5-6,18H2,1H3,(H,19,20). The van der Waals surface area contributed by atoms with E-state index in [1.165, 1.54) is 18.2 Å². The Balaban J connectivity index is 3.24. The van der Waals surface area contributed by atoms with Crippen LogP contribution in [0.5, 0.6) is 0 Å². The third-order valence-corrected chi connectivity index (χ3v) is 3.38. The van der Waals surface area contributed by atoms with Gasteiger partial charge in [-0.15, -0.1) is 0 Å². The molecule has 112 valence electrons. The molecular weight excluding hydrogens is 295 g/mol. The molecule has 0 aliphatic heterocycles. The third kappa shape index (κ3) is 3.64. The number of hydrogen-bond donors (Lipinski definition) is 2. The first kappa shape index (κ1) is 16.8. The molecule has 0 aromatic heterocycles. The highest BCUT2D eigenvalue weighted by atomic mass is 35.5. The smallest absolute Gasteiger partial charge is 0.305 e. The van der Waals surface area contributed by atoms with Gasteiger partial charge in [0.2, 0.25) is 6.43 Å². The predicted octanol–water partition coefficient (Wildman–Crippen LogP) is 3.31. The minimum atomic E-state index is -2.92. The van der Waals surface area contributed by atoms with E-state index < -0.39 is 30.5 Å². The summed E-state index contributed by atoms with van der Waals surface area (Å²) in [7, 11) is 0. The largest absolute Gasteiger partial charge is 0.481 e. The van der Waals surface area contributed by atoms with Gasteiger partial charge in [-0.1, -0.05) is 17.7 Å². The van der Waals surface area contributed by atoms with Gasteiger partial charge in [0.1, 0.15) is 6.67 Å². The second kappa shape index (κ2) is 6.45. The molecule has 3 nitrogen and oxygen atoms in total. The minimum Gasteiger partial charge on any atom is -0.481 e. The lowest BCUT2D eigenvalue weighted by molar-refractivity contribution is -0.137. The highest BCUT2D eigenvalue weighted by molar-refractivity contribution is 6.30. The zero-order chi connectivity index (χ0) is 15.5. The Kier molecular flexibility index (Phi) is 5.42. The molecule has 0 spiro atoms. The number of benzene rings is 1. The first-order valence-corrected chi connectivity index (χ1v) is 6.21. The zero-order valence-electron chi connectivity index (χ0n) is 10.7. The molecule has 0 aliphatic carbocycles. The average Bonchev–Trinajstić information content (AvgIpc) is 2.35. The first-order valence-electron chi connectivity index (χ1n) is 5.83. The highest BCUT2D eigenvalue weighted by Gasteiger charge is 2.37. The van der Waals surface area contributed by atoms with Crippen molar-refractivity contribution in [2.75, 3.05) is 6.67 Å². The number of aliphatic carboxylic acids is 1. The van der Waals surface area contributed by atoms with E-state index in [4.69, 9.17) is 22.4 Å². The first-order chi connectivity index (χ1) is 9.20. The van der Waals surface area contributed by atoms with Crippen LogP contribution in [0.15, 0.2) is 18.2 Å². The number of hydrogen-bond acceptors (Lipinski definition) is 2. The van der Waals surface area contributed by atoms with Crippen molar-refractivity contribution in [2.24, 2.45) is 5.73 Å². The molecule has 0 amide bonds. The molecule has 7 heteroatoms. The van der Waals surface area contributed by atoms with Gasteiger partial charge in [0.25, 0.3) is 0 Å². The second-order valence-electron chi connectivity index (χ2n) is 4.83. The Morgan fingerprint density at radius 2 is 2.05 bits per heavy atom. The van der Waals surface area contributed by atoms with Crippen molar-refractivity contribution in [3.8, 4) is 0 Å². The van der Waals surface area contributed by atoms with Crippen LogP contribution in [-0.2, 0) is 10.2 Å². The van der Waals surface area contributed by atoms with Gasteiger partial charge in [-0.25, -0.2) is 13.2 Å². The zero-order valence-corrected chi connectivity index (χ0v) is 11.5. The molecule has 0 saturated carbocycles. The summed E-state index contributed by atoms with van der Waals surface area (Å²) in [6, 6.07) is 3.02. The van der Waals surface area contributed by atoms with Crippen LogP contribution < -0.4 is 5.73 Å². The van der Waals surface area contributed by atoms with Gasteiger partial charge >= 0.3 is 5.97 Å².